The first-order valence-electron chi connectivity index (χ1n) is 10.5. The third-order valence-corrected chi connectivity index (χ3v) is 5.89. The van der Waals surface area contributed by atoms with Crippen molar-refractivity contribution in [2.75, 3.05) is 0 Å². The average molecular weight is 322 g/mol. The standard InChI is InChI=1S/C22H43N/c1-6-11-16-21(15-10-5,17-12-7-2)22(20-23,18-13-8-3)19-14-9-4/h6-19H2,1-5H3. The van der Waals surface area contributed by atoms with Crippen molar-refractivity contribution < 1.29 is 0 Å². The van der Waals surface area contributed by atoms with E-state index in [0.29, 0.717) is 0 Å². The highest BCUT2D eigenvalue weighted by Gasteiger charge is 2.48. The second-order valence-corrected chi connectivity index (χ2v) is 7.64. The molecule has 136 valence electrons. The normalized spacial score (nSPS) is 12.3. The number of rotatable bonds is 15. The predicted molar refractivity (Wildman–Crippen MR) is 103 cm³/mol. The van der Waals surface area contributed by atoms with E-state index >= 15 is 0 Å². The highest BCUT2D eigenvalue weighted by molar-refractivity contribution is 5.10. The summed E-state index contributed by atoms with van der Waals surface area (Å²) in [4.78, 5) is 0. The molecule has 0 N–H and O–H groups in total. The molecule has 1 nitrogen and oxygen atoms in total. The summed E-state index contributed by atoms with van der Waals surface area (Å²) in [7, 11) is 0. The van der Waals surface area contributed by atoms with E-state index in [1.54, 1.807) is 0 Å². The van der Waals surface area contributed by atoms with Crippen LogP contribution in [0, 0.1) is 22.2 Å². The van der Waals surface area contributed by atoms with Crippen molar-refractivity contribution in [3.8, 4) is 6.07 Å². The van der Waals surface area contributed by atoms with Crippen LogP contribution in [0.1, 0.15) is 125 Å². The molecule has 23 heavy (non-hydrogen) atoms. The Hall–Kier alpha value is -0.510. The minimum Gasteiger partial charge on any atom is -0.198 e. The fraction of sp³-hybridized carbons (Fsp3) is 0.955. The van der Waals surface area contributed by atoms with Crippen LogP contribution >= 0.6 is 0 Å². The largest absolute Gasteiger partial charge is 0.198 e. The summed E-state index contributed by atoms with van der Waals surface area (Å²) in [6.07, 6.45) is 17.1. The van der Waals surface area contributed by atoms with E-state index in [-0.39, 0.29) is 10.8 Å². The molecule has 0 saturated carbocycles. The topological polar surface area (TPSA) is 23.8 Å². The molecule has 0 aliphatic rings. The Kier molecular flexibility index (Phi) is 12.6. The second-order valence-electron chi connectivity index (χ2n) is 7.64. The lowest BCUT2D eigenvalue weighted by atomic mass is 9.54. The zero-order valence-corrected chi connectivity index (χ0v) is 16.8. The summed E-state index contributed by atoms with van der Waals surface area (Å²) in [5, 5.41) is 10.3. The van der Waals surface area contributed by atoms with Gasteiger partial charge in [0.15, 0.2) is 0 Å². The van der Waals surface area contributed by atoms with Gasteiger partial charge in [0.25, 0.3) is 0 Å². The summed E-state index contributed by atoms with van der Waals surface area (Å²) in [5.74, 6) is 0. The van der Waals surface area contributed by atoms with Gasteiger partial charge < -0.3 is 0 Å². The zero-order chi connectivity index (χ0) is 17.6. The van der Waals surface area contributed by atoms with Gasteiger partial charge in [0.1, 0.15) is 0 Å². The van der Waals surface area contributed by atoms with Crippen LogP contribution in [0.5, 0.6) is 0 Å². The van der Waals surface area contributed by atoms with Crippen molar-refractivity contribution in [2.24, 2.45) is 10.8 Å². The van der Waals surface area contributed by atoms with Gasteiger partial charge in [0.05, 0.1) is 11.5 Å². The van der Waals surface area contributed by atoms with Gasteiger partial charge in [-0.05, 0) is 37.5 Å². The Morgan fingerprint density at radius 1 is 0.565 bits per heavy atom. The first kappa shape index (κ1) is 22.5. The molecule has 0 aliphatic carbocycles. The van der Waals surface area contributed by atoms with E-state index in [9.17, 15) is 5.26 Å². The van der Waals surface area contributed by atoms with Crippen LogP contribution in [-0.4, -0.2) is 0 Å². The minimum atomic E-state index is -0.0840. The Morgan fingerprint density at radius 2 is 0.957 bits per heavy atom. The van der Waals surface area contributed by atoms with Crippen LogP contribution in [0.25, 0.3) is 0 Å². The molecule has 0 aliphatic heterocycles. The second kappa shape index (κ2) is 12.9. The van der Waals surface area contributed by atoms with Crippen LogP contribution in [0.4, 0.5) is 0 Å². The molecule has 0 atom stereocenters. The predicted octanol–water partition coefficient (Wildman–Crippen LogP) is 8.04. The van der Waals surface area contributed by atoms with Gasteiger partial charge in [-0.2, -0.15) is 5.26 Å². The highest BCUT2D eigenvalue weighted by Crippen LogP contribution is 2.55. The number of nitriles is 1. The maximum atomic E-state index is 10.3. The molecule has 0 bridgehead atoms. The van der Waals surface area contributed by atoms with E-state index in [1.165, 1.54) is 77.0 Å². The van der Waals surface area contributed by atoms with Crippen LogP contribution < -0.4 is 0 Å². The number of nitrogens with zero attached hydrogens (tertiary/aromatic N) is 1. The fourth-order valence-corrected chi connectivity index (χ4v) is 4.44. The van der Waals surface area contributed by atoms with Gasteiger partial charge in [0, 0.05) is 0 Å². The molecule has 1 heteroatoms. The number of hydrogen-bond donors (Lipinski definition) is 0. The Bertz CT molecular complexity index is 296. The quantitative estimate of drug-likeness (QED) is 0.299. The highest BCUT2D eigenvalue weighted by atomic mass is 14.5. The van der Waals surface area contributed by atoms with E-state index in [2.05, 4.69) is 40.7 Å². The van der Waals surface area contributed by atoms with Crippen molar-refractivity contribution in [3.05, 3.63) is 0 Å². The van der Waals surface area contributed by atoms with Crippen LogP contribution in [0.15, 0.2) is 0 Å². The SMILES string of the molecule is CCCCC(C#N)(CCCC)C(CCC)(CCCC)CCCC. The van der Waals surface area contributed by atoms with Gasteiger partial charge in [-0.25, -0.2) is 0 Å². The van der Waals surface area contributed by atoms with Crippen molar-refractivity contribution in [3.63, 3.8) is 0 Å². The van der Waals surface area contributed by atoms with Gasteiger partial charge in [-0.3, -0.25) is 0 Å². The van der Waals surface area contributed by atoms with E-state index < -0.39 is 0 Å². The molecule has 0 spiro atoms. The Morgan fingerprint density at radius 3 is 1.26 bits per heavy atom. The van der Waals surface area contributed by atoms with Crippen LogP contribution in [-0.2, 0) is 0 Å². The summed E-state index contributed by atoms with van der Waals surface area (Å²) < 4.78 is 0. The van der Waals surface area contributed by atoms with E-state index in [1.807, 2.05) is 0 Å². The molecule has 0 saturated heterocycles. The van der Waals surface area contributed by atoms with Crippen molar-refractivity contribution >= 4 is 0 Å². The molecule has 0 rings (SSSR count). The Labute approximate surface area is 147 Å². The smallest absolute Gasteiger partial charge is 0.0695 e. The van der Waals surface area contributed by atoms with Gasteiger partial charge in [-0.15, -0.1) is 0 Å². The van der Waals surface area contributed by atoms with Gasteiger partial charge in [-0.1, -0.05) is 92.4 Å². The molecule has 0 radical (unpaired) electrons. The molecule has 0 amide bonds. The van der Waals surface area contributed by atoms with E-state index in [4.69, 9.17) is 0 Å². The Balaban J connectivity index is 5.72. The number of hydrogen-bond acceptors (Lipinski definition) is 1. The molecule has 0 fully saturated rings. The molecular formula is C22H43N. The number of unbranched alkanes of at least 4 members (excludes halogenated alkanes) is 4. The first-order chi connectivity index (χ1) is 11.1. The summed E-state index contributed by atoms with van der Waals surface area (Å²) >= 11 is 0. The lowest BCUT2D eigenvalue weighted by molar-refractivity contribution is 0.0281. The van der Waals surface area contributed by atoms with Gasteiger partial charge >= 0.3 is 0 Å². The summed E-state index contributed by atoms with van der Waals surface area (Å²) in [6, 6.07) is 2.93. The van der Waals surface area contributed by atoms with E-state index in [0.717, 1.165) is 12.8 Å². The maximum Gasteiger partial charge on any atom is 0.0695 e. The minimum absolute atomic E-state index is 0.0840. The summed E-state index contributed by atoms with van der Waals surface area (Å²) in [5.41, 5.74) is 0.173. The lowest BCUT2D eigenvalue weighted by Gasteiger charge is -2.48. The van der Waals surface area contributed by atoms with Crippen molar-refractivity contribution in [1.29, 1.82) is 5.26 Å². The molecular weight excluding hydrogens is 278 g/mol. The fourth-order valence-electron chi connectivity index (χ4n) is 4.44. The van der Waals surface area contributed by atoms with Crippen LogP contribution in [0.3, 0.4) is 0 Å². The summed E-state index contributed by atoms with van der Waals surface area (Å²) in [6.45, 7) is 11.4. The average Bonchev–Trinajstić information content (AvgIpc) is 2.58. The van der Waals surface area contributed by atoms with Crippen LogP contribution in [0.2, 0.25) is 0 Å². The third kappa shape index (κ3) is 6.48. The zero-order valence-electron chi connectivity index (χ0n) is 16.8. The molecule has 0 heterocycles. The third-order valence-electron chi connectivity index (χ3n) is 5.89. The molecule has 0 aromatic carbocycles. The molecule has 0 aromatic rings. The van der Waals surface area contributed by atoms with Crippen molar-refractivity contribution in [2.45, 2.75) is 125 Å². The monoisotopic (exact) mass is 321 g/mol. The lowest BCUT2D eigenvalue weighted by Crippen LogP contribution is -2.42. The van der Waals surface area contributed by atoms with Gasteiger partial charge in [0.2, 0.25) is 0 Å². The molecule has 0 aromatic heterocycles. The maximum absolute atomic E-state index is 10.3. The van der Waals surface area contributed by atoms with Crippen molar-refractivity contribution in [1.82, 2.24) is 0 Å². The first-order valence-corrected chi connectivity index (χ1v) is 10.5. The molecule has 0 unspecified atom stereocenters.